The van der Waals surface area contributed by atoms with Crippen molar-refractivity contribution >= 4 is 5.91 Å². The summed E-state index contributed by atoms with van der Waals surface area (Å²) in [5.74, 6) is 0.792. The molecule has 0 N–H and O–H groups in total. The van der Waals surface area contributed by atoms with Crippen LogP contribution in [0.25, 0.3) is 0 Å². The minimum Gasteiger partial charge on any atom is -0.319 e. The molecule has 0 aliphatic rings. The topological polar surface area (TPSA) is 29.5 Å². The van der Waals surface area contributed by atoms with Crippen LogP contribution in [0.2, 0.25) is 0 Å². The van der Waals surface area contributed by atoms with Gasteiger partial charge in [-0.15, -0.1) is 6.42 Å². The Balaban J connectivity index is 5.16. The molecule has 5 heteroatoms. The highest BCUT2D eigenvalue weighted by molar-refractivity contribution is 5.83. The van der Waals surface area contributed by atoms with Gasteiger partial charge in [0.15, 0.2) is 0 Å². The van der Waals surface area contributed by atoms with E-state index in [-0.39, 0.29) is 6.54 Å². The summed E-state index contributed by atoms with van der Waals surface area (Å²) in [5, 5.41) is 0. The number of hydrogen-bond donors (Lipinski definition) is 0. The van der Waals surface area contributed by atoms with Crippen LogP contribution in [0.4, 0.5) is 8.78 Å². The number of alkyl halides is 2. The third-order valence-electron chi connectivity index (χ3n) is 1.99. The molecule has 18 heavy (non-hydrogen) atoms. The van der Waals surface area contributed by atoms with E-state index in [1.54, 1.807) is 20.8 Å². The van der Waals surface area contributed by atoms with Crippen LogP contribution in [0.3, 0.4) is 0 Å². The van der Waals surface area contributed by atoms with E-state index in [9.17, 15) is 13.6 Å². The summed E-state index contributed by atoms with van der Waals surface area (Å²) < 4.78 is 32.0. The van der Waals surface area contributed by atoms with Crippen LogP contribution >= 0.6 is 0 Å². The lowest BCUT2D eigenvalue weighted by Crippen LogP contribution is -2.54. The minimum absolute atomic E-state index is 0.189. The predicted octanol–water partition coefficient (Wildman–Crippen LogP) is 2.65. The van der Waals surface area contributed by atoms with Crippen LogP contribution in [0, 0.1) is 12.3 Å². The van der Waals surface area contributed by atoms with Gasteiger partial charge in [0.25, 0.3) is 0 Å². The fourth-order valence-electron chi connectivity index (χ4n) is 1.29. The molecule has 0 aromatic carbocycles. The van der Waals surface area contributed by atoms with Crippen molar-refractivity contribution in [2.45, 2.75) is 58.8 Å². The average Bonchev–Trinajstić information content (AvgIpc) is 2.07. The number of hydrogen-bond acceptors (Lipinski definition) is 2. The van der Waals surface area contributed by atoms with Gasteiger partial charge in [-0.2, -0.15) is 8.78 Å². The minimum atomic E-state index is -3.89. The molecule has 0 aromatic heterocycles. The number of carbonyl (C=O) groups is 1. The molecule has 0 radical (unpaired) electrons. The first-order chi connectivity index (χ1) is 7.81. The summed E-state index contributed by atoms with van der Waals surface area (Å²) >= 11 is 0. The Hall–Kier alpha value is -1.15. The van der Waals surface area contributed by atoms with Gasteiger partial charge in [-0.05, 0) is 41.5 Å². The molecule has 0 aliphatic heterocycles. The van der Waals surface area contributed by atoms with E-state index in [4.69, 9.17) is 6.42 Å². The molecule has 0 bridgehead atoms. The van der Waals surface area contributed by atoms with Crippen molar-refractivity contribution in [1.82, 2.24) is 4.90 Å². The fourth-order valence-corrected chi connectivity index (χ4v) is 1.29. The third-order valence-corrected chi connectivity index (χ3v) is 1.99. The van der Waals surface area contributed by atoms with E-state index in [0.29, 0.717) is 0 Å². The Morgan fingerprint density at radius 1 is 1.22 bits per heavy atom. The van der Waals surface area contributed by atoms with Crippen molar-refractivity contribution in [2.75, 3.05) is 6.54 Å². The zero-order valence-electron chi connectivity index (χ0n) is 11.8. The van der Waals surface area contributed by atoms with E-state index >= 15 is 0 Å². The van der Waals surface area contributed by atoms with Crippen LogP contribution in [0.15, 0.2) is 0 Å². The third kappa shape index (κ3) is 5.01. The fraction of sp³-hybridized carbons (Fsp3) is 0.769. The molecule has 3 nitrogen and oxygen atoms in total. The second-order valence-corrected chi connectivity index (χ2v) is 6.00. The maximum Gasteiger partial charge on any atom is 0.437 e. The number of amides is 1. The van der Waals surface area contributed by atoms with Crippen molar-refractivity contribution in [3.8, 4) is 12.3 Å². The molecule has 104 valence electrons. The lowest BCUT2D eigenvalue weighted by atomic mass is 10.1. The van der Waals surface area contributed by atoms with Gasteiger partial charge in [0.2, 0.25) is 0 Å². The van der Waals surface area contributed by atoms with Crippen molar-refractivity contribution in [1.29, 1.82) is 0 Å². The number of rotatable bonds is 3. The van der Waals surface area contributed by atoms with Crippen molar-refractivity contribution in [3.63, 3.8) is 0 Å². The summed E-state index contributed by atoms with van der Waals surface area (Å²) in [6, 6.07) is 0. The van der Waals surface area contributed by atoms with Crippen LogP contribution in [0.1, 0.15) is 41.5 Å². The smallest absolute Gasteiger partial charge is 0.319 e. The number of terminal acetylenes is 1. The monoisotopic (exact) mass is 261 g/mol. The highest BCUT2D eigenvalue weighted by atomic mass is 19.3. The zero-order valence-corrected chi connectivity index (χ0v) is 11.8. The molecular formula is C13H21F2NO2. The van der Waals surface area contributed by atoms with Crippen LogP contribution in [-0.2, 0) is 9.53 Å². The molecule has 0 fully saturated rings. The van der Waals surface area contributed by atoms with Gasteiger partial charge in [-0.1, -0.05) is 5.92 Å². The zero-order chi connectivity index (χ0) is 14.8. The summed E-state index contributed by atoms with van der Waals surface area (Å²) in [7, 11) is 0. The van der Waals surface area contributed by atoms with Crippen molar-refractivity contribution < 1.29 is 18.3 Å². The predicted molar refractivity (Wildman–Crippen MR) is 66.1 cm³/mol. The van der Waals surface area contributed by atoms with E-state index < -0.39 is 23.2 Å². The molecule has 0 aromatic rings. The summed E-state index contributed by atoms with van der Waals surface area (Å²) in [6.07, 6.45) is 1.22. The average molecular weight is 261 g/mol. The Bertz CT molecular complexity index is 345. The largest absolute Gasteiger partial charge is 0.437 e. The van der Waals surface area contributed by atoms with Gasteiger partial charge in [0.1, 0.15) is 0 Å². The quantitative estimate of drug-likeness (QED) is 0.731. The second kappa shape index (κ2) is 5.23. The van der Waals surface area contributed by atoms with Crippen LogP contribution in [-0.4, -0.2) is 34.6 Å². The van der Waals surface area contributed by atoms with Gasteiger partial charge in [-0.25, -0.2) is 0 Å². The van der Waals surface area contributed by atoms with Gasteiger partial charge < -0.3 is 9.64 Å². The summed E-state index contributed by atoms with van der Waals surface area (Å²) in [5.41, 5.74) is -1.92. The lowest BCUT2D eigenvalue weighted by Gasteiger charge is -2.37. The second-order valence-electron chi connectivity index (χ2n) is 6.00. The highest BCUT2D eigenvalue weighted by Crippen LogP contribution is 2.28. The molecule has 1 amide bonds. The lowest BCUT2D eigenvalue weighted by molar-refractivity contribution is -0.275. The Kier molecular flexibility index (Phi) is 4.90. The highest BCUT2D eigenvalue weighted by Gasteiger charge is 2.48. The molecule has 0 saturated heterocycles. The molecular weight excluding hydrogens is 240 g/mol. The molecule has 0 atom stereocenters. The van der Waals surface area contributed by atoms with E-state index in [1.807, 2.05) is 0 Å². The van der Waals surface area contributed by atoms with Gasteiger partial charge >= 0.3 is 12.0 Å². The molecule has 0 heterocycles. The van der Waals surface area contributed by atoms with E-state index in [2.05, 4.69) is 10.7 Å². The first-order valence-electron chi connectivity index (χ1n) is 5.65. The Morgan fingerprint density at radius 2 is 1.67 bits per heavy atom. The van der Waals surface area contributed by atoms with Gasteiger partial charge in [0.05, 0.1) is 12.1 Å². The first kappa shape index (κ1) is 16.9. The number of carbonyl (C=O) groups excluding carboxylic acids is 1. The summed E-state index contributed by atoms with van der Waals surface area (Å²) in [4.78, 5) is 12.8. The standard InChI is InChI=1S/C13H21F2NO2/c1-8-9-16(11(2,3)4)10(17)13(14,15)18-12(5,6)7/h1H,9H2,2-7H3. The molecule has 0 spiro atoms. The van der Waals surface area contributed by atoms with Crippen molar-refractivity contribution in [3.05, 3.63) is 0 Å². The number of halogens is 2. The normalized spacial score (nSPS) is 13.1. The van der Waals surface area contributed by atoms with Crippen LogP contribution in [0.5, 0.6) is 0 Å². The van der Waals surface area contributed by atoms with Crippen LogP contribution < -0.4 is 0 Å². The first-order valence-corrected chi connectivity index (χ1v) is 5.65. The van der Waals surface area contributed by atoms with E-state index in [0.717, 1.165) is 4.90 Å². The van der Waals surface area contributed by atoms with E-state index in [1.165, 1.54) is 20.8 Å². The molecule has 0 saturated carbocycles. The Morgan fingerprint density at radius 3 is 1.94 bits per heavy atom. The maximum absolute atomic E-state index is 13.7. The Labute approximate surface area is 107 Å². The van der Waals surface area contributed by atoms with Gasteiger partial charge in [0, 0.05) is 5.54 Å². The SMILES string of the molecule is C#CCN(C(=O)C(F)(F)OC(C)(C)C)C(C)(C)C. The number of nitrogens with zero attached hydrogens (tertiary/aromatic N) is 1. The van der Waals surface area contributed by atoms with Gasteiger partial charge in [-0.3, -0.25) is 4.79 Å². The molecule has 0 unspecified atom stereocenters. The molecule has 0 rings (SSSR count). The maximum atomic E-state index is 13.7. The number of ether oxygens (including phenoxy) is 1. The van der Waals surface area contributed by atoms with Crippen molar-refractivity contribution in [2.24, 2.45) is 0 Å². The summed E-state index contributed by atoms with van der Waals surface area (Å²) in [6.45, 7) is 9.08. The molecule has 0 aliphatic carbocycles.